The molecule has 2 saturated heterocycles. The highest BCUT2D eigenvalue weighted by Crippen LogP contribution is 2.36. The minimum Gasteiger partial charge on any atom is -0.293 e. The van der Waals surface area contributed by atoms with E-state index in [1.165, 1.54) is 25.7 Å². The van der Waals surface area contributed by atoms with Gasteiger partial charge < -0.3 is 0 Å². The van der Waals surface area contributed by atoms with Crippen molar-refractivity contribution in [1.82, 2.24) is 25.1 Å². The maximum absolute atomic E-state index is 12.5. The van der Waals surface area contributed by atoms with Gasteiger partial charge in [0.05, 0.1) is 12.1 Å². The third-order valence-corrected chi connectivity index (χ3v) is 6.43. The van der Waals surface area contributed by atoms with Crippen LogP contribution in [0.1, 0.15) is 30.7 Å². The number of hydrogen-bond donors (Lipinski definition) is 1. The van der Waals surface area contributed by atoms with Gasteiger partial charge in [-0.2, -0.15) is 0 Å². The van der Waals surface area contributed by atoms with Crippen molar-refractivity contribution >= 4 is 34.1 Å². The van der Waals surface area contributed by atoms with E-state index in [1.807, 2.05) is 25.1 Å². The molecular weight excluding hydrogens is 360 g/mol. The van der Waals surface area contributed by atoms with Crippen LogP contribution >= 0.6 is 11.3 Å². The van der Waals surface area contributed by atoms with Crippen LogP contribution in [0, 0.1) is 6.92 Å². The summed E-state index contributed by atoms with van der Waals surface area (Å²) >= 11 is 1.55. The lowest BCUT2D eigenvalue weighted by Gasteiger charge is -2.20. The molecule has 138 valence electrons. The number of carbonyl (C=O) groups is 1. The van der Waals surface area contributed by atoms with Crippen molar-refractivity contribution in [3.05, 3.63) is 29.4 Å². The zero-order valence-electron chi connectivity index (χ0n) is 15.1. The third kappa shape index (κ3) is 3.19. The Kier molecular flexibility index (Phi) is 4.09. The maximum atomic E-state index is 12.5. The van der Waals surface area contributed by atoms with Crippen molar-refractivity contribution in [3.63, 3.8) is 0 Å². The molecule has 0 aliphatic carbocycles. The highest BCUT2D eigenvalue weighted by atomic mass is 32.1. The number of aromatic nitrogens is 4. The first-order valence-electron chi connectivity index (χ1n) is 9.28. The summed E-state index contributed by atoms with van der Waals surface area (Å²) in [5.41, 5.74) is 1.75. The largest absolute Gasteiger partial charge is 0.293 e. The van der Waals surface area contributed by atoms with Gasteiger partial charge in [-0.1, -0.05) is 23.5 Å². The Morgan fingerprint density at radius 2 is 2.00 bits per heavy atom. The number of aryl methyl sites for hydroxylation is 1. The van der Waals surface area contributed by atoms with Gasteiger partial charge in [-0.15, -0.1) is 10.2 Å². The van der Waals surface area contributed by atoms with Crippen LogP contribution in [0.3, 0.4) is 0 Å². The number of fused-ring (bicyclic) bond motifs is 3. The first-order chi connectivity index (χ1) is 13.2. The molecule has 4 heterocycles. The van der Waals surface area contributed by atoms with Gasteiger partial charge in [-0.05, 0) is 38.7 Å². The van der Waals surface area contributed by atoms with Crippen molar-refractivity contribution in [2.75, 3.05) is 11.9 Å². The van der Waals surface area contributed by atoms with Crippen LogP contribution in [0.4, 0.5) is 5.95 Å². The Morgan fingerprint density at radius 3 is 2.70 bits per heavy atom. The van der Waals surface area contributed by atoms with Crippen molar-refractivity contribution in [1.29, 1.82) is 0 Å². The average molecular weight is 380 g/mol. The second-order valence-electron chi connectivity index (χ2n) is 7.28. The molecular formula is C19H20N6OS. The molecule has 0 unspecified atom stereocenters. The summed E-state index contributed by atoms with van der Waals surface area (Å²) in [7, 11) is 0. The van der Waals surface area contributed by atoms with E-state index >= 15 is 0 Å². The van der Waals surface area contributed by atoms with Gasteiger partial charge >= 0.3 is 0 Å². The van der Waals surface area contributed by atoms with E-state index in [4.69, 9.17) is 0 Å². The van der Waals surface area contributed by atoms with Crippen LogP contribution in [-0.2, 0) is 4.79 Å². The summed E-state index contributed by atoms with van der Waals surface area (Å²) in [4.78, 5) is 23.6. The number of carbonyl (C=O) groups excluding carboxylic acids is 1. The quantitative estimate of drug-likeness (QED) is 0.749. The maximum Gasteiger partial charge on any atom is 0.240 e. The molecule has 0 saturated carbocycles. The Hall–Kier alpha value is -2.45. The van der Waals surface area contributed by atoms with Crippen LogP contribution in [0.25, 0.3) is 21.5 Å². The number of rotatable bonds is 4. The summed E-state index contributed by atoms with van der Waals surface area (Å²) in [5, 5.41) is 13.8. The van der Waals surface area contributed by atoms with E-state index in [9.17, 15) is 4.79 Å². The molecule has 3 aromatic rings. The predicted octanol–water partition coefficient (Wildman–Crippen LogP) is 3.02. The number of hydrogen-bond acceptors (Lipinski definition) is 7. The molecule has 7 nitrogen and oxygen atoms in total. The molecule has 5 rings (SSSR count). The second kappa shape index (κ2) is 6.61. The number of benzene rings is 1. The molecule has 8 heteroatoms. The topological polar surface area (TPSA) is 83.9 Å². The molecule has 2 aromatic heterocycles. The minimum atomic E-state index is -0.0379. The van der Waals surface area contributed by atoms with Crippen LogP contribution in [0.5, 0.6) is 0 Å². The number of nitrogens with zero attached hydrogens (tertiary/aromatic N) is 5. The fourth-order valence-corrected chi connectivity index (χ4v) is 4.93. The molecule has 2 fully saturated rings. The zero-order valence-corrected chi connectivity index (χ0v) is 15.9. The van der Waals surface area contributed by atoms with E-state index in [2.05, 4.69) is 30.4 Å². The fourth-order valence-electron chi connectivity index (χ4n) is 4.24. The second-order valence-corrected chi connectivity index (χ2v) is 8.46. The summed E-state index contributed by atoms with van der Waals surface area (Å²) in [5.74, 6) is 0.314. The Labute approximate surface area is 160 Å². The molecule has 27 heavy (non-hydrogen) atoms. The van der Waals surface area contributed by atoms with Crippen molar-refractivity contribution < 1.29 is 4.79 Å². The lowest BCUT2D eigenvalue weighted by atomic mass is 10.0. The Bertz CT molecular complexity index is 998. The van der Waals surface area contributed by atoms with Gasteiger partial charge in [0, 0.05) is 29.2 Å². The summed E-state index contributed by atoms with van der Waals surface area (Å²) < 4.78 is 0. The van der Waals surface area contributed by atoms with E-state index in [-0.39, 0.29) is 5.91 Å². The molecule has 2 aliphatic rings. The molecule has 0 atom stereocenters. The monoisotopic (exact) mass is 380 g/mol. The predicted molar refractivity (Wildman–Crippen MR) is 105 cm³/mol. The summed E-state index contributed by atoms with van der Waals surface area (Å²) in [6.07, 6.45) is 6.62. The number of amides is 1. The van der Waals surface area contributed by atoms with Crippen LogP contribution < -0.4 is 5.32 Å². The van der Waals surface area contributed by atoms with Gasteiger partial charge in [0.1, 0.15) is 10.0 Å². The van der Waals surface area contributed by atoms with Gasteiger partial charge in [-0.25, -0.2) is 9.97 Å². The Balaban J connectivity index is 1.35. The highest BCUT2D eigenvalue weighted by Gasteiger charge is 2.39. The Morgan fingerprint density at radius 1 is 1.22 bits per heavy atom. The molecule has 0 radical (unpaired) electrons. The van der Waals surface area contributed by atoms with Crippen LogP contribution in [0.15, 0.2) is 24.4 Å². The van der Waals surface area contributed by atoms with E-state index in [1.54, 1.807) is 17.5 Å². The molecule has 2 aliphatic heterocycles. The summed E-state index contributed by atoms with van der Waals surface area (Å²) in [6, 6.07) is 7.09. The van der Waals surface area contributed by atoms with Gasteiger partial charge in [0.15, 0.2) is 0 Å². The molecule has 1 amide bonds. The smallest absolute Gasteiger partial charge is 0.240 e. The van der Waals surface area contributed by atoms with Crippen molar-refractivity contribution in [3.8, 4) is 10.6 Å². The van der Waals surface area contributed by atoms with E-state index in [0.29, 0.717) is 24.6 Å². The van der Waals surface area contributed by atoms with Crippen molar-refractivity contribution in [2.45, 2.75) is 44.7 Å². The summed E-state index contributed by atoms with van der Waals surface area (Å²) in [6.45, 7) is 2.37. The standard InChI is InChI=1S/C19H20N6OS/c1-11-23-24-18(27-11)12-2-3-13-9-20-19(21-16(13)8-12)22-17(26)10-25-14-4-5-15(25)7-6-14/h2-3,8-9,14-15H,4-7,10H2,1H3,(H,20,21,22,26). The third-order valence-electron chi connectivity index (χ3n) is 5.54. The van der Waals surface area contributed by atoms with Gasteiger partial charge in [-0.3, -0.25) is 15.0 Å². The fraction of sp³-hybridized carbons (Fsp3) is 0.421. The minimum absolute atomic E-state index is 0.0379. The normalized spacial score (nSPS) is 21.8. The molecule has 0 spiro atoms. The zero-order chi connectivity index (χ0) is 18.4. The van der Waals surface area contributed by atoms with Gasteiger partial charge in [0.25, 0.3) is 0 Å². The van der Waals surface area contributed by atoms with E-state index in [0.717, 1.165) is 26.5 Å². The lowest BCUT2D eigenvalue weighted by molar-refractivity contribution is -0.117. The number of anilines is 1. The van der Waals surface area contributed by atoms with Gasteiger partial charge in [0.2, 0.25) is 11.9 Å². The molecule has 2 bridgehead atoms. The number of nitrogens with one attached hydrogen (secondary N) is 1. The first-order valence-corrected chi connectivity index (χ1v) is 10.1. The SMILES string of the molecule is Cc1nnc(-c2ccc3cnc(NC(=O)CN4C5CCC4CC5)nc3c2)s1. The lowest BCUT2D eigenvalue weighted by Crippen LogP contribution is -2.36. The van der Waals surface area contributed by atoms with Crippen LogP contribution in [-0.4, -0.2) is 49.6 Å². The highest BCUT2D eigenvalue weighted by molar-refractivity contribution is 7.14. The van der Waals surface area contributed by atoms with Crippen LogP contribution in [0.2, 0.25) is 0 Å². The van der Waals surface area contributed by atoms with E-state index < -0.39 is 0 Å². The average Bonchev–Trinajstić information content (AvgIpc) is 3.37. The molecule has 1 aromatic carbocycles. The first kappa shape index (κ1) is 16.7. The molecule has 1 N–H and O–H groups in total. The van der Waals surface area contributed by atoms with Crippen molar-refractivity contribution in [2.24, 2.45) is 0 Å².